The molecule has 4 aromatic rings. The van der Waals surface area contributed by atoms with Crippen LogP contribution in [0.4, 0.5) is 0 Å². The first-order valence-electron chi connectivity index (χ1n) is 21.0. The van der Waals surface area contributed by atoms with E-state index in [0.29, 0.717) is 0 Å². The summed E-state index contributed by atoms with van der Waals surface area (Å²) in [5.41, 5.74) is 11.9. The maximum absolute atomic E-state index is 9.32. The van der Waals surface area contributed by atoms with Gasteiger partial charge >= 0.3 is 329 Å². The Morgan fingerprint density at radius 2 is 0.865 bits per heavy atom. The van der Waals surface area contributed by atoms with Crippen LogP contribution in [0.1, 0.15) is 134 Å². The van der Waals surface area contributed by atoms with Crippen LogP contribution in [0.15, 0.2) is 97.1 Å². The van der Waals surface area contributed by atoms with Crippen molar-refractivity contribution in [2.45, 2.75) is 138 Å². The average molecular weight is 832 g/mol. The van der Waals surface area contributed by atoms with E-state index < -0.39 is 21.5 Å². The first-order chi connectivity index (χ1) is 25.1. The third-order valence-electron chi connectivity index (χ3n) is 13.8. The summed E-state index contributed by atoms with van der Waals surface area (Å²) in [6.45, 7) is 14.7. The van der Waals surface area contributed by atoms with Gasteiger partial charge in [0, 0.05) is 0 Å². The number of fused-ring (bicyclic) bond motifs is 2. The number of hydrogen-bond acceptors (Lipinski definition) is 0. The van der Waals surface area contributed by atoms with Crippen molar-refractivity contribution in [2.24, 2.45) is 10.8 Å². The molecule has 0 saturated carbocycles. The Kier molecular flexibility index (Phi) is 12.9. The minimum absolute atomic E-state index is 0.0896. The number of hydrogen-bond donors (Lipinski definition) is 0. The predicted octanol–water partition coefficient (Wildman–Crippen LogP) is 15.6. The Hall–Kier alpha value is -1.44. The summed E-state index contributed by atoms with van der Waals surface area (Å²) < 4.78 is 0.527. The van der Waals surface area contributed by atoms with Gasteiger partial charge in [0.05, 0.1) is 0 Å². The van der Waals surface area contributed by atoms with E-state index in [4.69, 9.17) is 0 Å². The van der Waals surface area contributed by atoms with Crippen LogP contribution in [0, 0.1) is 10.8 Å². The second-order valence-electron chi connectivity index (χ2n) is 17.2. The van der Waals surface area contributed by atoms with Crippen LogP contribution in [0.2, 0.25) is 13.1 Å². The van der Waals surface area contributed by atoms with Gasteiger partial charge < -0.3 is 0 Å². The van der Waals surface area contributed by atoms with Crippen molar-refractivity contribution in [1.29, 1.82) is 0 Å². The molecular weight excluding hydrogens is 767 g/mol. The van der Waals surface area contributed by atoms with Crippen molar-refractivity contribution in [3.05, 3.63) is 119 Å². The van der Waals surface area contributed by atoms with Crippen molar-refractivity contribution in [3.8, 4) is 22.3 Å². The van der Waals surface area contributed by atoms with Crippen LogP contribution in [0.3, 0.4) is 0 Å². The summed E-state index contributed by atoms with van der Waals surface area (Å²) in [5, 5.41) is 0. The molecule has 0 bridgehead atoms. The minimum atomic E-state index is -5.01. The van der Waals surface area contributed by atoms with E-state index in [-0.39, 0.29) is 18.1 Å². The molecule has 0 spiro atoms. The molecule has 279 valence electrons. The molecule has 2 atom stereocenters. The van der Waals surface area contributed by atoms with Gasteiger partial charge in [-0.2, -0.15) is 0 Å². The zero-order chi connectivity index (χ0) is 37.0. The van der Waals surface area contributed by atoms with Gasteiger partial charge in [0.15, 0.2) is 0 Å². The van der Waals surface area contributed by atoms with Crippen LogP contribution < -0.4 is 0 Å². The quantitative estimate of drug-likeness (QED) is 0.0930. The first-order valence-corrected chi connectivity index (χ1v) is 37.3. The molecule has 0 N–H and O–H groups in total. The third kappa shape index (κ3) is 7.08. The number of halogens is 2. The predicted molar refractivity (Wildman–Crippen MR) is 230 cm³/mol. The molecule has 0 fully saturated rings. The van der Waals surface area contributed by atoms with E-state index in [1.807, 2.05) is 0 Å². The van der Waals surface area contributed by atoms with Gasteiger partial charge in [0.25, 0.3) is 0 Å². The Morgan fingerprint density at radius 1 is 0.519 bits per heavy atom. The van der Waals surface area contributed by atoms with E-state index in [1.165, 1.54) is 110 Å². The standard InChI is InChI=1S/2C23H29.C2H7Si.2ClH.Zr/c2*1-3-5-15-23(16-6-4-2)17-20-13-10-14-21(22(20)18-23)19-11-8-7-9-12-19;1-3-2;;;/h2*7-14,17H,3-6,15-16,18H2,1-2H3;3H,1-2H3;2*1H;/q;;;;;+2/p-2. The van der Waals surface area contributed by atoms with Crippen LogP contribution in [-0.2, 0) is 28.4 Å². The van der Waals surface area contributed by atoms with Gasteiger partial charge in [-0.1, -0.05) is 0 Å². The Labute approximate surface area is 326 Å². The van der Waals surface area contributed by atoms with E-state index in [0.717, 1.165) is 12.8 Å². The molecule has 52 heavy (non-hydrogen) atoms. The molecule has 4 heteroatoms. The number of benzene rings is 4. The fourth-order valence-electron chi connectivity index (χ4n) is 11.4. The normalized spacial score (nSPS) is 19.7. The topological polar surface area (TPSA) is 0 Å². The van der Waals surface area contributed by atoms with E-state index in [1.54, 1.807) is 11.1 Å². The molecule has 0 radical (unpaired) electrons. The Bertz CT molecular complexity index is 1640. The van der Waals surface area contributed by atoms with Gasteiger partial charge in [-0.3, -0.25) is 0 Å². The Balaban J connectivity index is 1.70. The van der Waals surface area contributed by atoms with Crippen molar-refractivity contribution in [2.75, 3.05) is 0 Å². The van der Waals surface area contributed by atoms with Crippen LogP contribution >= 0.6 is 17.0 Å². The van der Waals surface area contributed by atoms with Gasteiger partial charge in [-0.15, -0.1) is 0 Å². The molecule has 6 rings (SSSR count). The van der Waals surface area contributed by atoms with Crippen molar-refractivity contribution in [3.63, 3.8) is 0 Å². The summed E-state index contributed by atoms with van der Waals surface area (Å²) in [5.74, 6) is -1.68. The fraction of sp³-hybridized carbons (Fsp3) is 0.500. The summed E-state index contributed by atoms with van der Waals surface area (Å²) in [4.78, 5) is 0. The van der Waals surface area contributed by atoms with Gasteiger partial charge in [-0.25, -0.2) is 0 Å². The number of rotatable bonds is 17. The van der Waals surface area contributed by atoms with E-state index in [2.05, 4.69) is 138 Å². The molecule has 0 aliphatic heterocycles. The fourth-order valence-corrected chi connectivity index (χ4v) is 49.9. The van der Waals surface area contributed by atoms with Gasteiger partial charge in [0.2, 0.25) is 0 Å². The van der Waals surface area contributed by atoms with Crippen molar-refractivity contribution >= 4 is 22.9 Å². The molecular formula is C48H65Cl2SiZr. The van der Waals surface area contributed by atoms with Crippen molar-refractivity contribution < 1.29 is 15.6 Å². The van der Waals surface area contributed by atoms with Crippen LogP contribution in [0.25, 0.3) is 22.3 Å². The van der Waals surface area contributed by atoms with E-state index in [9.17, 15) is 17.0 Å². The zero-order valence-corrected chi connectivity index (χ0v) is 38.2. The first kappa shape index (κ1) is 40.2. The second kappa shape index (κ2) is 16.7. The summed E-state index contributed by atoms with van der Waals surface area (Å²) >= 11 is -5.01. The Morgan fingerprint density at radius 3 is 1.17 bits per heavy atom. The van der Waals surface area contributed by atoms with E-state index >= 15 is 0 Å². The molecule has 4 aromatic carbocycles. The van der Waals surface area contributed by atoms with Gasteiger partial charge in [-0.05, 0) is 0 Å². The zero-order valence-electron chi connectivity index (χ0n) is 33.1. The molecule has 2 unspecified atom stereocenters. The molecule has 0 saturated heterocycles. The molecule has 2 aliphatic rings. The molecule has 0 nitrogen and oxygen atoms in total. The summed E-state index contributed by atoms with van der Waals surface area (Å²) in [6, 6.07) is 36.9. The summed E-state index contributed by atoms with van der Waals surface area (Å²) in [6.07, 6.45) is 16.9. The molecule has 0 aromatic heterocycles. The van der Waals surface area contributed by atoms with Crippen LogP contribution in [-0.4, -0.2) is 5.92 Å². The van der Waals surface area contributed by atoms with Crippen LogP contribution in [0.5, 0.6) is 0 Å². The van der Waals surface area contributed by atoms with Crippen molar-refractivity contribution in [1.82, 2.24) is 0 Å². The third-order valence-corrected chi connectivity index (χ3v) is 66.9. The SMILES string of the molecule is CCCCC1(CCCC)Cc2c(-c3ccccc3)cccc2[CH]1[Zr]([Cl])([Cl])([CH]1c2cccc(-c3ccccc3)c2CC1(CCCC)CCCC)[SiH](C)C. The second-order valence-corrected chi connectivity index (χ2v) is 59.7. The van der Waals surface area contributed by atoms with Gasteiger partial charge in [0.1, 0.15) is 0 Å². The molecule has 0 amide bonds. The average Bonchev–Trinajstić information content (AvgIpc) is 3.70. The number of unbranched alkanes of at least 4 members (excludes halogenated alkanes) is 4. The molecule has 0 heterocycles. The maximum atomic E-state index is 9.32. The monoisotopic (exact) mass is 829 g/mol. The summed E-state index contributed by atoms with van der Waals surface area (Å²) in [7, 11) is 18.6. The molecule has 2 aliphatic carbocycles.